The normalized spacial score (nSPS) is 25.1. The molecule has 3 heteroatoms. The van der Waals surface area contributed by atoms with Crippen LogP contribution < -0.4 is 10.6 Å². The fraction of sp³-hybridized carbons (Fsp3) is 0.625. The van der Waals surface area contributed by atoms with Crippen molar-refractivity contribution in [2.75, 3.05) is 11.9 Å². The van der Waals surface area contributed by atoms with Crippen molar-refractivity contribution in [2.45, 2.75) is 51.6 Å². The molecule has 1 aromatic carbocycles. The van der Waals surface area contributed by atoms with Crippen molar-refractivity contribution < 1.29 is 4.39 Å². The first-order valence-electron chi connectivity index (χ1n) is 7.27. The van der Waals surface area contributed by atoms with E-state index in [1.165, 1.54) is 31.7 Å². The number of nitrogens with zero attached hydrogens (tertiary/aromatic N) is 1. The lowest BCUT2D eigenvalue weighted by atomic mass is 9.86. The monoisotopic (exact) mass is 264 g/mol. The second-order valence-electron chi connectivity index (χ2n) is 6.02. The quantitative estimate of drug-likeness (QED) is 0.898. The first kappa shape index (κ1) is 14.3. The minimum absolute atomic E-state index is 0.143. The number of anilines is 1. The molecular weight excluding hydrogens is 239 g/mol. The third-order valence-corrected chi connectivity index (χ3v) is 4.39. The van der Waals surface area contributed by atoms with Crippen LogP contribution in [-0.4, -0.2) is 13.1 Å². The molecule has 2 nitrogen and oxygen atoms in total. The molecule has 1 fully saturated rings. The van der Waals surface area contributed by atoms with Crippen LogP contribution in [-0.2, 0) is 0 Å². The Labute approximate surface area is 115 Å². The van der Waals surface area contributed by atoms with Crippen molar-refractivity contribution in [3.8, 4) is 0 Å². The topological polar surface area (TPSA) is 29.3 Å². The Bertz CT molecular complexity index is 423. The van der Waals surface area contributed by atoms with E-state index in [4.69, 9.17) is 5.73 Å². The van der Waals surface area contributed by atoms with Crippen LogP contribution >= 0.6 is 0 Å². The zero-order valence-corrected chi connectivity index (χ0v) is 12.2. The smallest absolute Gasteiger partial charge is 0.123 e. The van der Waals surface area contributed by atoms with Crippen LogP contribution in [0.5, 0.6) is 0 Å². The summed E-state index contributed by atoms with van der Waals surface area (Å²) in [6.07, 6.45) is 4.99. The van der Waals surface area contributed by atoms with E-state index in [9.17, 15) is 4.39 Å². The molecule has 0 saturated heterocycles. The number of hydrogen-bond donors (Lipinski definition) is 1. The highest BCUT2D eigenvalue weighted by Crippen LogP contribution is 2.32. The van der Waals surface area contributed by atoms with Gasteiger partial charge in [-0.05, 0) is 62.3 Å². The van der Waals surface area contributed by atoms with Crippen molar-refractivity contribution in [1.82, 2.24) is 0 Å². The summed E-state index contributed by atoms with van der Waals surface area (Å²) >= 11 is 0. The standard InChI is InChI=1S/C16H25FN2/c1-11-4-7-14(8-5-11)19(3)16-9-6-13(17)10-15(16)12(2)18/h6,9-12,14H,4-5,7-8,18H2,1-3H3/t11?,12-,14?/m1/s1. The number of benzene rings is 1. The second-order valence-corrected chi connectivity index (χ2v) is 6.02. The SMILES string of the molecule is CC1CCC(N(C)c2ccc(F)cc2[C@@H](C)N)CC1. The summed E-state index contributed by atoms with van der Waals surface area (Å²) in [4.78, 5) is 2.30. The lowest BCUT2D eigenvalue weighted by Crippen LogP contribution is -2.35. The van der Waals surface area contributed by atoms with Gasteiger partial charge in [-0.1, -0.05) is 6.92 Å². The van der Waals surface area contributed by atoms with E-state index >= 15 is 0 Å². The fourth-order valence-electron chi connectivity index (χ4n) is 3.04. The van der Waals surface area contributed by atoms with Gasteiger partial charge in [-0.3, -0.25) is 0 Å². The van der Waals surface area contributed by atoms with Gasteiger partial charge >= 0.3 is 0 Å². The molecule has 2 rings (SSSR count). The fourth-order valence-corrected chi connectivity index (χ4v) is 3.04. The largest absolute Gasteiger partial charge is 0.371 e. The van der Waals surface area contributed by atoms with Crippen LogP contribution in [0.3, 0.4) is 0 Å². The number of rotatable bonds is 3. The summed E-state index contributed by atoms with van der Waals surface area (Å²) in [6.45, 7) is 4.23. The van der Waals surface area contributed by atoms with Crippen LogP contribution in [0.1, 0.15) is 51.1 Å². The van der Waals surface area contributed by atoms with E-state index in [0.717, 1.165) is 17.2 Å². The number of nitrogens with two attached hydrogens (primary N) is 1. The van der Waals surface area contributed by atoms with Gasteiger partial charge in [-0.15, -0.1) is 0 Å². The molecule has 2 N–H and O–H groups in total. The predicted molar refractivity (Wildman–Crippen MR) is 78.8 cm³/mol. The molecule has 1 saturated carbocycles. The van der Waals surface area contributed by atoms with E-state index < -0.39 is 0 Å². The molecule has 0 bridgehead atoms. The van der Waals surface area contributed by atoms with E-state index in [0.29, 0.717) is 6.04 Å². The van der Waals surface area contributed by atoms with Gasteiger partial charge in [0.25, 0.3) is 0 Å². The number of hydrogen-bond acceptors (Lipinski definition) is 2. The van der Waals surface area contributed by atoms with Crippen molar-refractivity contribution in [3.63, 3.8) is 0 Å². The first-order valence-corrected chi connectivity index (χ1v) is 7.27. The van der Waals surface area contributed by atoms with Crippen LogP contribution in [0.2, 0.25) is 0 Å². The highest BCUT2D eigenvalue weighted by molar-refractivity contribution is 5.55. The Morgan fingerprint density at radius 3 is 2.47 bits per heavy atom. The van der Waals surface area contributed by atoms with Gasteiger partial charge in [0.2, 0.25) is 0 Å². The summed E-state index contributed by atoms with van der Waals surface area (Å²) in [7, 11) is 2.11. The zero-order valence-electron chi connectivity index (χ0n) is 12.2. The maximum atomic E-state index is 13.4. The van der Waals surface area contributed by atoms with Gasteiger partial charge in [-0.2, -0.15) is 0 Å². The van der Waals surface area contributed by atoms with Crippen LogP contribution in [0.4, 0.5) is 10.1 Å². The van der Waals surface area contributed by atoms with Crippen molar-refractivity contribution in [2.24, 2.45) is 11.7 Å². The second kappa shape index (κ2) is 5.91. The summed E-state index contributed by atoms with van der Waals surface area (Å²) in [5.41, 5.74) is 7.96. The highest BCUT2D eigenvalue weighted by Gasteiger charge is 2.23. The Morgan fingerprint density at radius 2 is 1.89 bits per heavy atom. The summed E-state index contributed by atoms with van der Waals surface area (Å²) in [6, 6.07) is 5.38. The molecule has 1 atom stereocenters. The molecule has 0 unspecified atom stereocenters. The molecule has 1 aliphatic carbocycles. The lowest BCUT2D eigenvalue weighted by molar-refractivity contribution is 0.340. The highest BCUT2D eigenvalue weighted by atomic mass is 19.1. The van der Waals surface area contributed by atoms with Crippen molar-refractivity contribution >= 4 is 5.69 Å². The third-order valence-electron chi connectivity index (χ3n) is 4.39. The average molecular weight is 264 g/mol. The minimum Gasteiger partial charge on any atom is -0.371 e. The van der Waals surface area contributed by atoms with E-state index in [1.54, 1.807) is 6.07 Å². The predicted octanol–water partition coefficient (Wildman–Crippen LogP) is 3.86. The third kappa shape index (κ3) is 3.27. The summed E-state index contributed by atoms with van der Waals surface area (Å²) in [5.74, 6) is 0.632. The minimum atomic E-state index is -0.207. The van der Waals surface area contributed by atoms with Gasteiger partial charge in [0.15, 0.2) is 0 Å². The molecule has 1 aromatic rings. The molecule has 1 aliphatic rings. The van der Waals surface area contributed by atoms with Crippen LogP contribution in [0.15, 0.2) is 18.2 Å². The molecular formula is C16H25FN2. The van der Waals surface area contributed by atoms with Gasteiger partial charge in [-0.25, -0.2) is 4.39 Å². The molecule has 0 spiro atoms. The summed E-state index contributed by atoms with van der Waals surface area (Å²) < 4.78 is 13.4. The maximum Gasteiger partial charge on any atom is 0.123 e. The first-order chi connectivity index (χ1) is 8.99. The maximum absolute atomic E-state index is 13.4. The molecule has 0 amide bonds. The van der Waals surface area contributed by atoms with E-state index in [1.807, 2.05) is 13.0 Å². The Morgan fingerprint density at radius 1 is 1.26 bits per heavy atom. The number of halogens is 1. The summed E-state index contributed by atoms with van der Waals surface area (Å²) in [5, 5.41) is 0. The Hall–Kier alpha value is -1.09. The van der Waals surface area contributed by atoms with Gasteiger partial charge in [0.05, 0.1) is 0 Å². The Balaban J connectivity index is 2.21. The molecule has 0 aliphatic heterocycles. The van der Waals surface area contributed by atoms with Crippen molar-refractivity contribution in [1.29, 1.82) is 0 Å². The van der Waals surface area contributed by atoms with E-state index in [2.05, 4.69) is 18.9 Å². The average Bonchev–Trinajstić information content (AvgIpc) is 2.38. The molecule has 0 heterocycles. The molecule has 0 aromatic heterocycles. The van der Waals surface area contributed by atoms with E-state index in [-0.39, 0.29) is 11.9 Å². The van der Waals surface area contributed by atoms with Gasteiger partial charge in [0.1, 0.15) is 5.82 Å². The Kier molecular flexibility index (Phi) is 4.46. The molecule has 0 radical (unpaired) electrons. The van der Waals surface area contributed by atoms with Gasteiger partial charge < -0.3 is 10.6 Å². The lowest BCUT2D eigenvalue weighted by Gasteiger charge is -2.36. The molecule has 106 valence electrons. The van der Waals surface area contributed by atoms with Gasteiger partial charge in [0, 0.05) is 24.8 Å². The molecule has 19 heavy (non-hydrogen) atoms. The zero-order chi connectivity index (χ0) is 14.0. The van der Waals surface area contributed by atoms with Crippen molar-refractivity contribution in [3.05, 3.63) is 29.6 Å². The van der Waals surface area contributed by atoms with Crippen LogP contribution in [0.25, 0.3) is 0 Å². The van der Waals surface area contributed by atoms with Crippen LogP contribution in [0, 0.1) is 11.7 Å².